The Kier molecular flexibility index (Phi) is 4.76. The molecule has 0 aromatic carbocycles. The van der Waals surface area contributed by atoms with E-state index in [-0.39, 0.29) is 17.9 Å². The van der Waals surface area contributed by atoms with Crippen LogP contribution in [0.3, 0.4) is 0 Å². The Morgan fingerprint density at radius 1 is 1.37 bits per heavy atom. The van der Waals surface area contributed by atoms with E-state index >= 15 is 0 Å². The Hall–Kier alpha value is -1.14. The summed E-state index contributed by atoms with van der Waals surface area (Å²) in [5.74, 6) is 0.309. The van der Waals surface area contributed by atoms with Gasteiger partial charge in [0.1, 0.15) is 0 Å². The van der Waals surface area contributed by atoms with Crippen molar-refractivity contribution in [2.45, 2.75) is 31.3 Å². The maximum absolute atomic E-state index is 11.6. The predicted molar refractivity (Wildman–Crippen MR) is 72.7 cm³/mol. The number of hydrogen-bond donors (Lipinski definition) is 2. The van der Waals surface area contributed by atoms with Crippen LogP contribution in [0.15, 0.2) is 0 Å². The van der Waals surface area contributed by atoms with E-state index in [2.05, 4.69) is 15.5 Å². The molecule has 2 aliphatic rings. The fraction of sp³-hybridized carbons (Fsp3) is 0.846. The molecule has 108 valence electrons. The van der Waals surface area contributed by atoms with Crippen molar-refractivity contribution in [2.24, 2.45) is 0 Å². The molecule has 0 saturated carbocycles. The van der Waals surface area contributed by atoms with Crippen LogP contribution in [-0.4, -0.2) is 74.0 Å². The molecule has 0 radical (unpaired) electrons. The van der Waals surface area contributed by atoms with Gasteiger partial charge in [0.15, 0.2) is 0 Å². The van der Waals surface area contributed by atoms with Gasteiger partial charge in [0.25, 0.3) is 0 Å². The first-order chi connectivity index (χ1) is 9.04. The third kappa shape index (κ3) is 4.18. The number of likely N-dealkylation sites (tertiary alicyclic amines) is 1. The third-order valence-electron chi connectivity index (χ3n) is 3.89. The second-order valence-electron chi connectivity index (χ2n) is 5.71. The number of carbonyl (C=O) groups excluding carboxylic acids is 2. The molecular weight excluding hydrogens is 244 g/mol. The Bertz CT molecular complexity index is 338. The summed E-state index contributed by atoms with van der Waals surface area (Å²) in [6.45, 7) is 3.16. The molecule has 2 saturated heterocycles. The molecule has 2 heterocycles. The highest BCUT2D eigenvalue weighted by Crippen LogP contribution is 2.12. The van der Waals surface area contributed by atoms with Crippen molar-refractivity contribution in [1.29, 1.82) is 0 Å². The standard InChI is InChI=1S/C13H24N4O2/c1-16(2)13(19)9-17-5-3-10(4-6-17)15-11-7-12(18)14-8-11/h10-11,15H,3-9H2,1-2H3,(H,14,18). The quantitative estimate of drug-likeness (QED) is 0.688. The second kappa shape index (κ2) is 6.34. The molecule has 1 atom stereocenters. The van der Waals surface area contributed by atoms with E-state index < -0.39 is 0 Å². The Morgan fingerprint density at radius 3 is 2.58 bits per heavy atom. The van der Waals surface area contributed by atoms with Gasteiger partial charge in [-0.05, 0) is 12.8 Å². The summed E-state index contributed by atoms with van der Waals surface area (Å²) in [5, 5.41) is 6.38. The molecular formula is C13H24N4O2. The van der Waals surface area contributed by atoms with Crippen molar-refractivity contribution in [1.82, 2.24) is 20.4 Å². The van der Waals surface area contributed by atoms with Crippen LogP contribution in [0.4, 0.5) is 0 Å². The normalized spacial score (nSPS) is 25.4. The van der Waals surface area contributed by atoms with Gasteiger partial charge in [-0.3, -0.25) is 14.5 Å². The van der Waals surface area contributed by atoms with E-state index in [1.165, 1.54) is 0 Å². The maximum Gasteiger partial charge on any atom is 0.236 e. The lowest BCUT2D eigenvalue weighted by molar-refractivity contribution is -0.130. The summed E-state index contributed by atoms with van der Waals surface area (Å²) in [6, 6.07) is 0.760. The third-order valence-corrected chi connectivity index (χ3v) is 3.89. The monoisotopic (exact) mass is 268 g/mol. The number of amides is 2. The Balaban J connectivity index is 1.67. The lowest BCUT2D eigenvalue weighted by atomic mass is 10.0. The zero-order valence-electron chi connectivity index (χ0n) is 11.8. The largest absolute Gasteiger partial charge is 0.354 e. The van der Waals surface area contributed by atoms with Crippen molar-refractivity contribution >= 4 is 11.8 Å². The second-order valence-corrected chi connectivity index (χ2v) is 5.71. The zero-order valence-corrected chi connectivity index (χ0v) is 11.8. The van der Waals surface area contributed by atoms with Gasteiger partial charge in [-0.2, -0.15) is 0 Å². The van der Waals surface area contributed by atoms with Crippen molar-refractivity contribution in [3.8, 4) is 0 Å². The van der Waals surface area contributed by atoms with Crippen LogP contribution in [-0.2, 0) is 9.59 Å². The van der Waals surface area contributed by atoms with Crippen LogP contribution in [0, 0.1) is 0 Å². The first-order valence-electron chi connectivity index (χ1n) is 7.00. The summed E-state index contributed by atoms with van der Waals surface area (Å²) in [4.78, 5) is 26.6. The summed E-state index contributed by atoms with van der Waals surface area (Å²) < 4.78 is 0. The van der Waals surface area contributed by atoms with Crippen LogP contribution in [0.2, 0.25) is 0 Å². The summed E-state index contributed by atoms with van der Waals surface area (Å²) in [6.07, 6.45) is 2.69. The van der Waals surface area contributed by atoms with E-state index in [1.807, 2.05) is 0 Å². The Labute approximate surface area is 114 Å². The molecule has 0 aromatic heterocycles. The van der Waals surface area contributed by atoms with Crippen LogP contribution in [0.5, 0.6) is 0 Å². The zero-order chi connectivity index (χ0) is 13.8. The number of nitrogens with zero attached hydrogens (tertiary/aromatic N) is 2. The predicted octanol–water partition coefficient (Wildman–Crippen LogP) is -0.983. The summed E-state index contributed by atoms with van der Waals surface area (Å²) in [5.41, 5.74) is 0. The van der Waals surface area contributed by atoms with Gasteiger partial charge in [0.05, 0.1) is 6.54 Å². The SMILES string of the molecule is CN(C)C(=O)CN1CCC(NC2CNC(=O)C2)CC1. The number of piperidine rings is 1. The maximum atomic E-state index is 11.6. The van der Waals surface area contributed by atoms with Crippen LogP contribution >= 0.6 is 0 Å². The molecule has 19 heavy (non-hydrogen) atoms. The average molecular weight is 268 g/mol. The first kappa shape index (κ1) is 14.3. The van der Waals surface area contributed by atoms with Gasteiger partial charge in [-0.1, -0.05) is 0 Å². The van der Waals surface area contributed by atoms with Gasteiger partial charge < -0.3 is 15.5 Å². The minimum atomic E-state index is 0.145. The minimum Gasteiger partial charge on any atom is -0.354 e. The molecule has 2 aliphatic heterocycles. The highest BCUT2D eigenvalue weighted by atomic mass is 16.2. The number of carbonyl (C=O) groups is 2. The molecule has 0 aromatic rings. The number of nitrogens with one attached hydrogen (secondary N) is 2. The lowest BCUT2D eigenvalue weighted by Gasteiger charge is -2.33. The molecule has 0 spiro atoms. The fourth-order valence-corrected chi connectivity index (χ4v) is 2.65. The minimum absolute atomic E-state index is 0.145. The highest BCUT2D eigenvalue weighted by Gasteiger charge is 2.26. The van der Waals surface area contributed by atoms with Gasteiger partial charge in [-0.25, -0.2) is 0 Å². The van der Waals surface area contributed by atoms with Gasteiger partial charge in [0.2, 0.25) is 11.8 Å². The molecule has 6 heteroatoms. The first-order valence-corrected chi connectivity index (χ1v) is 7.00. The van der Waals surface area contributed by atoms with Crippen LogP contribution in [0.25, 0.3) is 0 Å². The molecule has 6 nitrogen and oxygen atoms in total. The fourth-order valence-electron chi connectivity index (χ4n) is 2.65. The van der Waals surface area contributed by atoms with Crippen molar-refractivity contribution < 1.29 is 9.59 Å². The average Bonchev–Trinajstić information content (AvgIpc) is 2.77. The van der Waals surface area contributed by atoms with Crippen LogP contribution < -0.4 is 10.6 Å². The van der Waals surface area contributed by atoms with Gasteiger partial charge >= 0.3 is 0 Å². The number of hydrogen-bond acceptors (Lipinski definition) is 4. The van der Waals surface area contributed by atoms with Crippen LogP contribution in [0.1, 0.15) is 19.3 Å². The number of rotatable bonds is 4. The molecule has 1 unspecified atom stereocenters. The van der Waals surface area contributed by atoms with Crippen molar-refractivity contribution in [3.05, 3.63) is 0 Å². The topological polar surface area (TPSA) is 64.7 Å². The molecule has 0 bridgehead atoms. The molecule has 0 aliphatic carbocycles. The van der Waals surface area contributed by atoms with E-state index in [4.69, 9.17) is 0 Å². The molecule has 2 fully saturated rings. The van der Waals surface area contributed by atoms with Crippen molar-refractivity contribution in [3.63, 3.8) is 0 Å². The Morgan fingerprint density at radius 2 is 2.05 bits per heavy atom. The van der Waals surface area contributed by atoms with Gasteiger partial charge in [0, 0.05) is 52.2 Å². The van der Waals surface area contributed by atoms with E-state index in [9.17, 15) is 9.59 Å². The smallest absolute Gasteiger partial charge is 0.236 e. The number of likely N-dealkylation sites (N-methyl/N-ethyl adjacent to an activating group) is 1. The van der Waals surface area contributed by atoms with E-state index in [0.29, 0.717) is 19.0 Å². The van der Waals surface area contributed by atoms with E-state index in [1.54, 1.807) is 19.0 Å². The molecule has 2 rings (SSSR count). The van der Waals surface area contributed by atoms with Crippen molar-refractivity contribution in [2.75, 3.05) is 40.3 Å². The van der Waals surface area contributed by atoms with Gasteiger partial charge in [-0.15, -0.1) is 0 Å². The van der Waals surface area contributed by atoms with E-state index in [0.717, 1.165) is 32.5 Å². The molecule has 2 N–H and O–H groups in total. The summed E-state index contributed by atoms with van der Waals surface area (Å²) in [7, 11) is 3.58. The lowest BCUT2D eigenvalue weighted by Crippen LogP contribution is -2.48. The molecule has 2 amide bonds. The highest BCUT2D eigenvalue weighted by molar-refractivity contribution is 5.79. The summed E-state index contributed by atoms with van der Waals surface area (Å²) >= 11 is 0.